The van der Waals surface area contributed by atoms with E-state index >= 15 is 0 Å². The van der Waals surface area contributed by atoms with Crippen LogP contribution in [0.4, 0.5) is 13.2 Å². The van der Waals surface area contributed by atoms with Gasteiger partial charge in [0.1, 0.15) is 0 Å². The molecule has 0 aliphatic rings. The fourth-order valence-corrected chi connectivity index (χ4v) is 2.20. The average Bonchev–Trinajstić information content (AvgIpc) is 2.25. The van der Waals surface area contributed by atoms with Gasteiger partial charge in [0.05, 0.1) is 11.1 Å². The molecule has 0 radical (unpaired) electrons. The molecule has 0 heterocycles. The molecule has 1 aromatic carbocycles. The molecule has 112 valence electrons. The van der Waals surface area contributed by atoms with Gasteiger partial charge in [0.2, 0.25) is 0 Å². The Morgan fingerprint density at radius 2 is 2.00 bits per heavy atom. The lowest BCUT2D eigenvalue weighted by molar-refractivity contribution is -0.138. The van der Waals surface area contributed by atoms with Crippen LogP contribution in [0.15, 0.2) is 22.7 Å². The van der Waals surface area contributed by atoms with Crippen LogP contribution in [0.3, 0.4) is 0 Å². The van der Waals surface area contributed by atoms with Crippen molar-refractivity contribution in [2.75, 3.05) is 20.6 Å². The monoisotopic (exact) mass is 352 g/mol. The average molecular weight is 353 g/mol. The van der Waals surface area contributed by atoms with Crippen LogP contribution in [0.2, 0.25) is 0 Å². The van der Waals surface area contributed by atoms with Crippen LogP contribution >= 0.6 is 15.9 Å². The molecule has 0 fully saturated rings. The second-order valence-electron chi connectivity index (χ2n) is 4.82. The Morgan fingerprint density at radius 3 is 2.50 bits per heavy atom. The third-order valence-corrected chi connectivity index (χ3v) is 3.04. The van der Waals surface area contributed by atoms with Crippen molar-refractivity contribution in [3.63, 3.8) is 0 Å². The van der Waals surface area contributed by atoms with Gasteiger partial charge < -0.3 is 10.2 Å². The molecule has 1 rings (SSSR count). The number of hydrogen-bond acceptors (Lipinski definition) is 2. The van der Waals surface area contributed by atoms with E-state index in [1.54, 1.807) is 6.92 Å². The van der Waals surface area contributed by atoms with Crippen LogP contribution in [0.1, 0.15) is 22.8 Å². The normalized spacial score (nSPS) is 13.4. The molecule has 20 heavy (non-hydrogen) atoms. The summed E-state index contributed by atoms with van der Waals surface area (Å²) in [4.78, 5) is 13.8. The smallest absolute Gasteiger partial charge is 0.348 e. The predicted molar refractivity (Wildman–Crippen MR) is 74.6 cm³/mol. The van der Waals surface area contributed by atoms with Crippen LogP contribution in [-0.2, 0) is 6.18 Å². The SMILES string of the molecule is CC(CN(C)C)NC(=O)c1ccc(Br)cc1C(F)(F)F. The highest BCUT2D eigenvalue weighted by atomic mass is 79.9. The van der Waals surface area contributed by atoms with Crippen LogP contribution in [0, 0.1) is 0 Å². The van der Waals surface area contributed by atoms with Gasteiger partial charge in [0.25, 0.3) is 5.91 Å². The van der Waals surface area contributed by atoms with Crippen molar-refractivity contribution in [3.05, 3.63) is 33.8 Å². The molecule has 1 N–H and O–H groups in total. The minimum atomic E-state index is -4.57. The summed E-state index contributed by atoms with van der Waals surface area (Å²) in [6.07, 6.45) is -4.57. The van der Waals surface area contributed by atoms with Gasteiger partial charge in [-0.05, 0) is 39.2 Å². The van der Waals surface area contributed by atoms with Gasteiger partial charge >= 0.3 is 6.18 Å². The quantitative estimate of drug-likeness (QED) is 0.902. The maximum atomic E-state index is 12.9. The highest BCUT2D eigenvalue weighted by molar-refractivity contribution is 9.10. The van der Waals surface area contributed by atoms with E-state index in [1.807, 2.05) is 19.0 Å². The Labute approximate surface area is 124 Å². The van der Waals surface area contributed by atoms with Crippen molar-refractivity contribution in [1.82, 2.24) is 10.2 Å². The minimum Gasteiger partial charge on any atom is -0.348 e. The van der Waals surface area contributed by atoms with Crippen molar-refractivity contribution >= 4 is 21.8 Å². The van der Waals surface area contributed by atoms with Crippen LogP contribution in [0.5, 0.6) is 0 Å². The van der Waals surface area contributed by atoms with Gasteiger partial charge in [-0.1, -0.05) is 15.9 Å². The van der Waals surface area contributed by atoms with Gasteiger partial charge in [-0.25, -0.2) is 0 Å². The summed E-state index contributed by atoms with van der Waals surface area (Å²) in [5.41, 5.74) is -1.31. The summed E-state index contributed by atoms with van der Waals surface area (Å²) in [6, 6.07) is 3.25. The van der Waals surface area contributed by atoms with Crippen molar-refractivity contribution in [3.8, 4) is 0 Å². The van der Waals surface area contributed by atoms with E-state index in [0.717, 1.165) is 6.07 Å². The molecule has 0 bridgehead atoms. The number of hydrogen-bond donors (Lipinski definition) is 1. The van der Waals surface area contributed by atoms with E-state index in [2.05, 4.69) is 21.2 Å². The number of alkyl halides is 3. The first kappa shape index (κ1) is 17.0. The number of amides is 1. The lowest BCUT2D eigenvalue weighted by atomic mass is 10.1. The molecule has 0 saturated carbocycles. The van der Waals surface area contributed by atoms with Crippen molar-refractivity contribution in [2.24, 2.45) is 0 Å². The zero-order valence-electron chi connectivity index (χ0n) is 11.4. The lowest BCUT2D eigenvalue weighted by Gasteiger charge is -2.19. The Morgan fingerprint density at radius 1 is 1.40 bits per heavy atom. The van der Waals surface area contributed by atoms with E-state index < -0.39 is 17.6 Å². The molecule has 3 nitrogen and oxygen atoms in total. The largest absolute Gasteiger partial charge is 0.417 e. The molecule has 0 aromatic heterocycles. The Bertz CT molecular complexity index is 489. The van der Waals surface area contributed by atoms with Crippen molar-refractivity contribution in [1.29, 1.82) is 0 Å². The molecule has 1 aromatic rings. The third-order valence-electron chi connectivity index (χ3n) is 2.55. The Balaban J connectivity index is 2.99. The van der Waals surface area contributed by atoms with Crippen LogP contribution in [-0.4, -0.2) is 37.5 Å². The van der Waals surface area contributed by atoms with E-state index in [1.165, 1.54) is 12.1 Å². The minimum absolute atomic E-state index is 0.248. The fraction of sp³-hybridized carbons (Fsp3) is 0.462. The van der Waals surface area contributed by atoms with E-state index in [0.29, 0.717) is 6.54 Å². The molecule has 7 heteroatoms. The zero-order chi connectivity index (χ0) is 15.5. The van der Waals surface area contributed by atoms with Gasteiger partial charge in [0.15, 0.2) is 0 Å². The fourth-order valence-electron chi connectivity index (χ4n) is 1.84. The van der Waals surface area contributed by atoms with Crippen molar-refractivity contribution < 1.29 is 18.0 Å². The summed E-state index contributed by atoms with van der Waals surface area (Å²) >= 11 is 2.98. The topological polar surface area (TPSA) is 32.3 Å². The molecule has 1 unspecified atom stereocenters. The molecule has 0 aliphatic carbocycles. The molecular formula is C13H16BrF3N2O. The first-order valence-corrected chi connectivity index (χ1v) is 6.73. The number of carbonyl (C=O) groups is 1. The molecule has 0 spiro atoms. The number of halogens is 4. The highest BCUT2D eigenvalue weighted by Gasteiger charge is 2.35. The standard InChI is InChI=1S/C13H16BrF3N2O/c1-8(7-19(2)3)18-12(20)10-5-4-9(14)6-11(10)13(15,16)17/h4-6,8H,7H2,1-3H3,(H,18,20). The molecule has 1 amide bonds. The van der Waals surface area contributed by atoms with Gasteiger partial charge in [-0.3, -0.25) is 4.79 Å². The maximum Gasteiger partial charge on any atom is 0.417 e. The second-order valence-corrected chi connectivity index (χ2v) is 5.74. The van der Waals surface area contributed by atoms with Gasteiger partial charge in [-0.15, -0.1) is 0 Å². The Hall–Kier alpha value is -1.08. The summed E-state index contributed by atoms with van der Waals surface area (Å²) in [5, 5.41) is 2.56. The summed E-state index contributed by atoms with van der Waals surface area (Å²) in [6.45, 7) is 2.29. The molecule has 0 saturated heterocycles. The van der Waals surface area contributed by atoms with Crippen molar-refractivity contribution in [2.45, 2.75) is 19.1 Å². The molecule has 1 atom stereocenters. The van der Waals surface area contributed by atoms with Gasteiger partial charge in [0, 0.05) is 17.1 Å². The van der Waals surface area contributed by atoms with Gasteiger partial charge in [-0.2, -0.15) is 13.2 Å². The number of likely N-dealkylation sites (N-methyl/N-ethyl adjacent to an activating group) is 1. The van der Waals surface area contributed by atoms with Crippen LogP contribution in [0.25, 0.3) is 0 Å². The maximum absolute atomic E-state index is 12.9. The highest BCUT2D eigenvalue weighted by Crippen LogP contribution is 2.33. The van der Waals surface area contributed by atoms with E-state index in [9.17, 15) is 18.0 Å². The first-order chi connectivity index (χ1) is 9.11. The molecule has 0 aliphatic heterocycles. The number of benzene rings is 1. The number of nitrogens with zero attached hydrogens (tertiary/aromatic N) is 1. The second kappa shape index (κ2) is 6.58. The van der Waals surface area contributed by atoms with Crippen LogP contribution < -0.4 is 5.32 Å². The Kier molecular flexibility index (Phi) is 5.59. The predicted octanol–water partition coefficient (Wildman–Crippen LogP) is 3.15. The summed E-state index contributed by atoms with van der Waals surface area (Å²) < 4.78 is 39.1. The number of carbonyl (C=O) groups excluding carboxylic acids is 1. The number of rotatable bonds is 4. The third kappa shape index (κ3) is 4.79. The van der Waals surface area contributed by atoms with E-state index in [4.69, 9.17) is 0 Å². The summed E-state index contributed by atoms with van der Waals surface area (Å²) in [5.74, 6) is -0.723. The number of nitrogens with one attached hydrogen (secondary N) is 1. The summed E-state index contributed by atoms with van der Waals surface area (Å²) in [7, 11) is 3.65. The lowest BCUT2D eigenvalue weighted by Crippen LogP contribution is -2.40. The zero-order valence-corrected chi connectivity index (χ0v) is 13.0. The van der Waals surface area contributed by atoms with E-state index in [-0.39, 0.29) is 16.1 Å². The first-order valence-electron chi connectivity index (χ1n) is 5.93. The molecular weight excluding hydrogens is 337 g/mol.